The van der Waals surface area contributed by atoms with Gasteiger partial charge in [0.15, 0.2) is 0 Å². The number of nitrogens with zero attached hydrogens (tertiary/aromatic N) is 1. The molecule has 1 unspecified atom stereocenters. The second-order valence-electron chi connectivity index (χ2n) is 5.69. The molecule has 4 nitrogen and oxygen atoms in total. The van der Waals surface area contributed by atoms with E-state index in [1.54, 1.807) is 0 Å². The molecule has 2 N–H and O–H groups in total. The van der Waals surface area contributed by atoms with Crippen LogP contribution in [0.15, 0.2) is 18.2 Å². The first kappa shape index (κ1) is 16.6. The van der Waals surface area contributed by atoms with Gasteiger partial charge in [0.1, 0.15) is 0 Å². The molecule has 1 saturated carbocycles. The molecule has 1 aliphatic heterocycles. The summed E-state index contributed by atoms with van der Waals surface area (Å²) in [6.45, 7) is 2.88. The quantitative estimate of drug-likeness (QED) is 0.818. The van der Waals surface area contributed by atoms with Gasteiger partial charge in [-0.1, -0.05) is 29.3 Å². The first-order chi connectivity index (χ1) is 10.0. The fourth-order valence-electron chi connectivity index (χ4n) is 3.39. The van der Waals surface area contributed by atoms with Gasteiger partial charge in [0, 0.05) is 19.6 Å². The summed E-state index contributed by atoms with van der Waals surface area (Å²) < 4.78 is 0. The van der Waals surface area contributed by atoms with Crippen LogP contribution in [0.2, 0.25) is 10.0 Å². The number of hydrogen-bond donors (Lipinski definition) is 2. The molecule has 2 aliphatic rings. The fourth-order valence-corrected chi connectivity index (χ4v) is 3.71. The van der Waals surface area contributed by atoms with Crippen molar-refractivity contribution in [2.24, 2.45) is 11.8 Å². The Bertz CT molecular complexity index is 484. The van der Waals surface area contributed by atoms with Crippen molar-refractivity contribution in [3.63, 3.8) is 0 Å². The van der Waals surface area contributed by atoms with Gasteiger partial charge in [0.05, 0.1) is 16.1 Å². The second-order valence-corrected chi connectivity index (χ2v) is 6.51. The predicted octanol–water partition coefficient (Wildman–Crippen LogP) is 2.90. The maximum absolute atomic E-state index is 9.63. The van der Waals surface area contributed by atoms with Crippen LogP contribution in [0.4, 0.5) is 0 Å². The molecule has 0 amide bonds. The molecule has 0 spiro atoms. The van der Waals surface area contributed by atoms with Crippen molar-refractivity contribution >= 4 is 29.7 Å². The molecule has 1 heterocycles. The third kappa shape index (κ3) is 4.33. The molecule has 0 aromatic heterocycles. The summed E-state index contributed by atoms with van der Waals surface area (Å²) in [5.41, 5.74) is 1.21. The summed E-state index contributed by atoms with van der Waals surface area (Å²) in [7, 11) is 0. The molecule has 3 atom stereocenters. The van der Waals surface area contributed by atoms with Crippen LogP contribution in [-0.4, -0.2) is 40.8 Å². The topological polar surface area (TPSA) is 60.8 Å². The number of aliphatic hydroxyl groups is 1. The van der Waals surface area contributed by atoms with Gasteiger partial charge in [-0.15, -0.1) is 0 Å². The maximum atomic E-state index is 9.63. The van der Waals surface area contributed by atoms with E-state index in [-0.39, 0.29) is 12.6 Å². The third-order valence-corrected chi connectivity index (χ3v) is 4.93. The molecule has 3 rings (SSSR count). The molecule has 21 heavy (non-hydrogen) atoms. The standard InChI is InChI=1S/C14H17Cl2NO.CH2O2/c15-13-2-1-9(3-14(13)16)6-17-7-10-4-12(18)5-11(10)8-17;2-1-3/h1-3,10-12,18H,4-8H2;1H,(H,2,3)/t10-,11+,12?;. The molecular formula is C15H19Cl2NO3. The highest BCUT2D eigenvalue weighted by Crippen LogP contribution is 2.38. The number of hydrogen-bond acceptors (Lipinski definition) is 3. The van der Waals surface area contributed by atoms with Crippen molar-refractivity contribution in [2.75, 3.05) is 13.1 Å². The van der Waals surface area contributed by atoms with Crippen molar-refractivity contribution in [3.05, 3.63) is 33.8 Å². The van der Waals surface area contributed by atoms with Crippen LogP contribution in [0.25, 0.3) is 0 Å². The summed E-state index contributed by atoms with van der Waals surface area (Å²) in [5, 5.41) is 17.8. The predicted molar refractivity (Wildman–Crippen MR) is 82.7 cm³/mol. The van der Waals surface area contributed by atoms with Crippen LogP contribution in [-0.2, 0) is 11.3 Å². The zero-order valence-electron chi connectivity index (χ0n) is 11.6. The van der Waals surface area contributed by atoms with E-state index in [1.807, 2.05) is 18.2 Å². The number of benzene rings is 1. The van der Waals surface area contributed by atoms with Gasteiger partial charge < -0.3 is 10.2 Å². The van der Waals surface area contributed by atoms with E-state index in [0.717, 1.165) is 32.5 Å². The van der Waals surface area contributed by atoms with Crippen molar-refractivity contribution in [1.82, 2.24) is 4.90 Å². The first-order valence-electron chi connectivity index (χ1n) is 6.95. The molecule has 0 radical (unpaired) electrons. The summed E-state index contributed by atoms with van der Waals surface area (Å²) in [6, 6.07) is 5.85. The van der Waals surface area contributed by atoms with Crippen molar-refractivity contribution in [3.8, 4) is 0 Å². The minimum atomic E-state index is -0.250. The number of likely N-dealkylation sites (tertiary alicyclic amines) is 1. The molecule has 6 heteroatoms. The van der Waals surface area contributed by atoms with E-state index >= 15 is 0 Å². The number of carbonyl (C=O) groups is 1. The van der Waals surface area contributed by atoms with Gasteiger partial charge in [-0.3, -0.25) is 9.69 Å². The lowest BCUT2D eigenvalue weighted by atomic mass is 10.0. The minimum Gasteiger partial charge on any atom is -0.483 e. The Morgan fingerprint density at radius 3 is 2.29 bits per heavy atom. The number of halogens is 2. The lowest BCUT2D eigenvalue weighted by molar-refractivity contribution is -0.122. The fraction of sp³-hybridized carbons (Fsp3) is 0.533. The van der Waals surface area contributed by atoms with Crippen LogP contribution < -0.4 is 0 Å². The van der Waals surface area contributed by atoms with Crippen molar-refractivity contribution < 1.29 is 15.0 Å². The minimum absolute atomic E-state index is 0.0628. The molecule has 116 valence electrons. The zero-order valence-corrected chi connectivity index (χ0v) is 13.1. The number of rotatable bonds is 2. The lowest BCUT2D eigenvalue weighted by Crippen LogP contribution is -2.22. The van der Waals surface area contributed by atoms with Crippen molar-refractivity contribution in [1.29, 1.82) is 0 Å². The van der Waals surface area contributed by atoms with Crippen LogP contribution in [0.3, 0.4) is 0 Å². The Labute approximate surface area is 134 Å². The smallest absolute Gasteiger partial charge is 0.290 e. The van der Waals surface area contributed by atoms with Crippen molar-refractivity contribution in [2.45, 2.75) is 25.5 Å². The highest BCUT2D eigenvalue weighted by molar-refractivity contribution is 6.42. The van der Waals surface area contributed by atoms with Gasteiger partial charge in [-0.2, -0.15) is 0 Å². The monoisotopic (exact) mass is 331 g/mol. The Kier molecular flexibility index (Phi) is 5.88. The SMILES string of the molecule is O=CO.OC1C[C@@H]2CN(Cc3ccc(Cl)c(Cl)c3)C[C@@H]2C1. The number of aliphatic hydroxyl groups excluding tert-OH is 1. The Balaban J connectivity index is 0.000000497. The summed E-state index contributed by atoms with van der Waals surface area (Å²) in [6.07, 6.45) is 1.89. The van der Waals surface area contributed by atoms with Gasteiger partial charge in [0.2, 0.25) is 0 Å². The normalized spacial score (nSPS) is 27.9. The van der Waals surface area contributed by atoms with Gasteiger partial charge >= 0.3 is 0 Å². The van der Waals surface area contributed by atoms with Gasteiger partial charge in [-0.25, -0.2) is 0 Å². The molecular weight excluding hydrogens is 313 g/mol. The average Bonchev–Trinajstić information content (AvgIpc) is 2.91. The lowest BCUT2D eigenvalue weighted by Gasteiger charge is -2.17. The van der Waals surface area contributed by atoms with Crippen LogP contribution in [0.5, 0.6) is 0 Å². The van der Waals surface area contributed by atoms with Crippen LogP contribution in [0, 0.1) is 11.8 Å². The molecule has 0 bridgehead atoms. The van der Waals surface area contributed by atoms with Gasteiger partial charge in [-0.05, 0) is 42.4 Å². The van der Waals surface area contributed by atoms with Crippen LogP contribution >= 0.6 is 23.2 Å². The summed E-state index contributed by atoms with van der Waals surface area (Å²) in [5.74, 6) is 1.37. The van der Waals surface area contributed by atoms with E-state index in [9.17, 15) is 5.11 Å². The van der Waals surface area contributed by atoms with E-state index in [1.165, 1.54) is 5.56 Å². The zero-order chi connectivity index (χ0) is 15.4. The average molecular weight is 332 g/mol. The van der Waals surface area contributed by atoms with E-state index in [4.69, 9.17) is 33.1 Å². The van der Waals surface area contributed by atoms with Crippen LogP contribution in [0.1, 0.15) is 18.4 Å². The molecule has 1 aromatic carbocycles. The Morgan fingerprint density at radius 2 is 1.76 bits per heavy atom. The van der Waals surface area contributed by atoms with E-state index < -0.39 is 0 Å². The highest BCUT2D eigenvalue weighted by atomic mass is 35.5. The number of fused-ring (bicyclic) bond motifs is 1. The largest absolute Gasteiger partial charge is 0.483 e. The maximum Gasteiger partial charge on any atom is 0.290 e. The van der Waals surface area contributed by atoms with E-state index in [2.05, 4.69) is 4.90 Å². The van der Waals surface area contributed by atoms with E-state index in [0.29, 0.717) is 21.9 Å². The Hall–Kier alpha value is -0.810. The molecule has 1 aromatic rings. The first-order valence-corrected chi connectivity index (χ1v) is 7.71. The Morgan fingerprint density at radius 1 is 1.19 bits per heavy atom. The second kappa shape index (κ2) is 7.45. The summed E-state index contributed by atoms with van der Waals surface area (Å²) in [4.78, 5) is 10.8. The highest BCUT2D eigenvalue weighted by Gasteiger charge is 2.39. The van der Waals surface area contributed by atoms with Gasteiger partial charge in [0.25, 0.3) is 6.47 Å². The third-order valence-electron chi connectivity index (χ3n) is 4.19. The molecule has 1 saturated heterocycles. The number of carboxylic acid groups (broad SMARTS) is 1. The molecule has 2 fully saturated rings. The summed E-state index contributed by atoms with van der Waals surface area (Å²) >= 11 is 11.9. The molecule has 1 aliphatic carbocycles.